The lowest BCUT2D eigenvalue weighted by Crippen LogP contribution is -2.60. The Bertz CT molecular complexity index is 546. The van der Waals surface area contributed by atoms with E-state index in [-0.39, 0.29) is 24.3 Å². The summed E-state index contributed by atoms with van der Waals surface area (Å²) >= 11 is 3.51. The average Bonchev–Trinajstić information content (AvgIpc) is 2.31. The van der Waals surface area contributed by atoms with Gasteiger partial charge in [0.1, 0.15) is 12.6 Å². The first kappa shape index (κ1) is 15.0. The van der Waals surface area contributed by atoms with Gasteiger partial charge in [0, 0.05) is 4.47 Å². The lowest BCUT2D eigenvalue weighted by molar-refractivity contribution is -0.132. The zero-order valence-corrected chi connectivity index (χ0v) is 13.7. The Labute approximate surface area is 127 Å². The summed E-state index contributed by atoms with van der Waals surface area (Å²) in [7, 11) is 0. The Morgan fingerprint density at radius 3 is 2.50 bits per heavy atom. The van der Waals surface area contributed by atoms with E-state index in [2.05, 4.69) is 21.2 Å². The second kappa shape index (κ2) is 5.56. The largest absolute Gasteiger partial charge is 0.342 e. The lowest BCUT2D eigenvalue weighted by Gasteiger charge is -2.35. The molecular formula is C15H19BrN2O2. The molecule has 1 N–H and O–H groups in total. The summed E-state index contributed by atoms with van der Waals surface area (Å²) in [5, 5.41) is 2.77. The molecule has 4 nitrogen and oxygen atoms in total. The average molecular weight is 339 g/mol. The molecule has 0 aliphatic carbocycles. The standard InChI is InChI=1S/C15H19BrN2O2/c1-8(2)13-15(20)18(7-12(19)17-13)14-10(4)5-9(3)6-11(14)16/h5-6,8,13H,7H2,1-4H3,(H,17,19). The zero-order chi connectivity index (χ0) is 15.0. The van der Waals surface area contributed by atoms with Crippen LogP contribution in [0.2, 0.25) is 0 Å². The van der Waals surface area contributed by atoms with Crippen LogP contribution in [0.1, 0.15) is 25.0 Å². The van der Waals surface area contributed by atoms with Crippen molar-refractivity contribution in [1.82, 2.24) is 5.32 Å². The van der Waals surface area contributed by atoms with Crippen LogP contribution in [0.4, 0.5) is 5.69 Å². The second-order valence-electron chi connectivity index (χ2n) is 5.63. The minimum Gasteiger partial charge on any atom is -0.342 e. The Kier molecular flexibility index (Phi) is 4.18. The molecule has 0 spiro atoms. The third kappa shape index (κ3) is 2.73. The molecule has 20 heavy (non-hydrogen) atoms. The normalized spacial score (nSPS) is 19.5. The van der Waals surface area contributed by atoms with Gasteiger partial charge in [-0.2, -0.15) is 0 Å². The van der Waals surface area contributed by atoms with E-state index in [1.165, 1.54) is 0 Å². The van der Waals surface area contributed by atoms with Crippen LogP contribution in [0.5, 0.6) is 0 Å². The van der Waals surface area contributed by atoms with Crippen molar-refractivity contribution in [1.29, 1.82) is 0 Å². The van der Waals surface area contributed by atoms with E-state index < -0.39 is 6.04 Å². The minimum absolute atomic E-state index is 0.0488. The predicted molar refractivity (Wildman–Crippen MR) is 82.7 cm³/mol. The molecule has 1 aliphatic rings. The summed E-state index contributed by atoms with van der Waals surface area (Å²) in [6.07, 6.45) is 0. The summed E-state index contributed by atoms with van der Waals surface area (Å²) in [4.78, 5) is 26.1. The molecule has 0 saturated carbocycles. The van der Waals surface area contributed by atoms with Crippen molar-refractivity contribution in [2.45, 2.75) is 33.7 Å². The van der Waals surface area contributed by atoms with Gasteiger partial charge in [0.05, 0.1) is 5.69 Å². The molecule has 1 heterocycles. The van der Waals surface area contributed by atoms with Gasteiger partial charge in [0.25, 0.3) is 0 Å². The van der Waals surface area contributed by atoms with Crippen molar-refractivity contribution in [3.05, 3.63) is 27.7 Å². The first-order chi connectivity index (χ1) is 9.31. The number of carbonyl (C=O) groups excluding carboxylic acids is 2. The Morgan fingerprint density at radius 2 is 1.95 bits per heavy atom. The number of halogens is 1. The molecule has 1 atom stereocenters. The number of aryl methyl sites for hydroxylation is 2. The van der Waals surface area contributed by atoms with E-state index >= 15 is 0 Å². The summed E-state index contributed by atoms with van der Waals surface area (Å²) < 4.78 is 0.848. The maximum Gasteiger partial charge on any atom is 0.250 e. The van der Waals surface area contributed by atoms with Crippen molar-refractivity contribution in [3.63, 3.8) is 0 Å². The number of piperazine rings is 1. The number of anilines is 1. The molecule has 0 radical (unpaired) electrons. The number of carbonyl (C=O) groups is 2. The smallest absolute Gasteiger partial charge is 0.250 e. The van der Waals surface area contributed by atoms with Crippen molar-refractivity contribution in [3.8, 4) is 0 Å². The van der Waals surface area contributed by atoms with Gasteiger partial charge in [0.15, 0.2) is 0 Å². The fraction of sp³-hybridized carbons (Fsp3) is 0.467. The van der Waals surface area contributed by atoms with Gasteiger partial charge in [0.2, 0.25) is 11.8 Å². The van der Waals surface area contributed by atoms with Crippen LogP contribution >= 0.6 is 15.9 Å². The molecule has 0 bridgehead atoms. The van der Waals surface area contributed by atoms with Gasteiger partial charge < -0.3 is 5.32 Å². The van der Waals surface area contributed by atoms with Gasteiger partial charge in [-0.05, 0) is 52.9 Å². The molecule has 108 valence electrons. The van der Waals surface area contributed by atoms with Crippen molar-refractivity contribution < 1.29 is 9.59 Å². The van der Waals surface area contributed by atoms with Crippen LogP contribution in [0.25, 0.3) is 0 Å². The number of hydrogen-bond donors (Lipinski definition) is 1. The molecule has 2 amide bonds. The van der Waals surface area contributed by atoms with Crippen molar-refractivity contribution in [2.24, 2.45) is 5.92 Å². The van der Waals surface area contributed by atoms with Gasteiger partial charge in [-0.25, -0.2) is 0 Å². The Balaban J connectivity index is 2.46. The SMILES string of the molecule is Cc1cc(C)c(N2CC(=O)NC(C(C)C)C2=O)c(Br)c1. The van der Waals surface area contributed by atoms with E-state index in [9.17, 15) is 9.59 Å². The highest BCUT2D eigenvalue weighted by Crippen LogP contribution is 2.33. The topological polar surface area (TPSA) is 49.4 Å². The van der Waals surface area contributed by atoms with E-state index in [1.54, 1.807) is 4.90 Å². The molecule has 1 fully saturated rings. The number of hydrogen-bond acceptors (Lipinski definition) is 2. The lowest BCUT2D eigenvalue weighted by atomic mass is 9.99. The van der Waals surface area contributed by atoms with Crippen LogP contribution in [0.15, 0.2) is 16.6 Å². The predicted octanol–water partition coefficient (Wildman–Crippen LogP) is 2.55. The third-order valence-corrected chi connectivity index (χ3v) is 4.09. The number of benzene rings is 1. The summed E-state index contributed by atoms with van der Waals surface area (Å²) in [6.45, 7) is 7.90. The third-order valence-electron chi connectivity index (χ3n) is 3.49. The first-order valence-corrected chi connectivity index (χ1v) is 7.48. The highest BCUT2D eigenvalue weighted by molar-refractivity contribution is 9.10. The van der Waals surface area contributed by atoms with Crippen LogP contribution in [0.3, 0.4) is 0 Å². The highest BCUT2D eigenvalue weighted by Gasteiger charge is 2.36. The number of nitrogens with zero attached hydrogens (tertiary/aromatic N) is 1. The van der Waals surface area contributed by atoms with Gasteiger partial charge >= 0.3 is 0 Å². The molecule has 1 unspecified atom stereocenters. The monoisotopic (exact) mass is 338 g/mol. The Hall–Kier alpha value is -1.36. The fourth-order valence-electron chi connectivity index (χ4n) is 2.56. The van der Waals surface area contributed by atoms with Crippen LogP contribution in [0, 0.1) is 19.8 Å². The molecule has 1 saturated heterocycles. The van der Waals surface area contributed by atoms with Crippen LogP contribution < -0.4 is 10.2 Å². The van der Waals surface area contributed by atoms with E-state index in [0.29, 0.717) is 0 Å². The summed E-state index contributed by atoms with van der Waals surface area (Å²) in [5.41, 5.74) is 2.90. The number of nitrogens with one attached hydrogen (secondary N) is 1. The van der Waals surface area contributed by atoms with E-state index in [4.69, 9.17) is 0 Å². The van der Waals surface area contributed by atoms with Gasteiger partial charge in [-0.15, -0.1) is 0 Å². The minimum atomic E-state index is -0.455. The van der Waals surface area contributed by atoms with E-state index in [0.717, 1.165) is 21.3 Å². The molecular weight excluding hydrogens is 320 g/mol. The van der Waals surface area contributed by atoms with Crippen LogP contribution in [-0.2, 0) is 9.59 Å². The quantitative estimate of drug-likeness (QED) is 0.900. The fourth-order valence-corrected chi connectivity index (χ4v) is 3.45. The van der Waals surface area contributed by atoms with Crippen LogP contribution in [-0.4, -0.2) is 24.4 Å². The second-order valence-corrected chi connectivity index (χ2v) is 6.48. The van der Waals surface area contributed by atoms with E-state index in [1.807, 2.05) is 39.8 Å². The number of amides is 2. The maximum atomic E-state index is 12.6. The first-order valence-electron chi connectivity index (χ1n) is 6.68. The molecule has 1 aliphatic heterocycles. The molecule has 0 aromatic heterocycles. The Morgan fingerprint density at radius 1 is 1.30 bits per heavy atom. The van der Waals surface area contributed by atoms with Gasteiger partial charge in [-0.3, -0.25) is 14.5 Å². The zero-order valence-electron chi connectivity index (χ0n) is 12.2. The molecule has 2 rings (SSSR count). The summed E-state index contributed by atoms with van der Waals surface area (Å²) in [5.74, 6) is -0.0961. The molecule has 1 aromatic rings. The van der Waals surface area contributed by atoms with Gasteiger partial charge in [-0.1, -0.05) is 19.9 Å². The highest BCUT2D eigenvalue weighted by atomic mass is 79.9. The number of rotatable bonds is 2. The maximum absolute atomic E-state index is 12.6. The van der Waals surface area contributed by atoms with Crippen molar-refractivity contribution in [2.75, 3.05) is 11.4 Å². The molecule has 5 heteroatoms. The summed E-state index contributed by atoms with van der Waals surface area (Å²) in [6, 6.07) is 3.53. The van der Waals surface area contributed by atoms with Crippen molar-refractivity contribution >= 4 is 33.4 Å². The molecule has 1 aromatic carbocycles.